The van der Waals surface area contributed by atoms with Crippen LogP contribution in [0.3, 0.4) is 0 Å². The summed E-state index contributed by atoms with van der Waals surface area (Å²) in [5.41, 5.74) is 1.19. The maximum atomic E-state index is 5.83. The van der Waals surface area contributed by atoms with Crippen molar-refractivity contribution in [3.8, 4) is 0 Å². The van der Waals surface area contributed by atoms with Crippen LogP contribution < -0.4 is 10.2 Å². The average molecular weight is 303 g/mol. The van der Waals surface area contributed by atoms with E-state index in [2.05, 4.69) is 25.1 Å². The van der Waals surface area contributed by atoms with Crippen LogP contribution in [0.15, 0.2) is 12.4 Å². The minimum absolute atomic E-state index is 0.349. The number of rotatable bonds is 3. The average Bonchev–Trinajstić information content (AvgIpc) is 2.98. The SMILES string of the molecule is c1nc(N2CCCCC2)ncc1CN1C[C@@H]2NCCO[C@H]2C1. The molecule has 3 fully saturated rings. The predicted octanol–water partition coefficient (Wildman–Crippen LogP) is 0.640. The van der Waals surface area contributed by atoms with Gasteiger partial charge in [0, 0.05) is 63.3 Å². The number of likely N-dealkylation sites (tertiary alicyclic amines) is 1. The number of nitrogens with zero attached hydrogens (tertiary/aromatic N) is 4. The number of fused-ring (bicyclic) bond motifs is 1. The van der Waals surface area contributed by atoms with E-state index in [0.29, 0.717) is 12.1 Å². The lowest BCUT2D eigenvalue weighted by Crippen LogP contribution is -2.47. The molecule has 120 valence electrons. The first-order chi connectivity index (χ1) is 10.9. The lowest BCUT2D eigenvalue weighted by atomic mass is 10.1. The Balaban J connectivity index is 1.35. The maximum absolute atomic E-state index is 5.83. The number of piperidine rings is 1. The summed E-state index contributed by atoms with van der Waals surface area (Å²) in [5.74, 6) is 0.892. The van der Waals surface area contributed by atoms with E-state index in [4.69, 9.17) is 4.74 Å². The zero-order valence-electron chi connectivity index (χ0n) is 13.1. The molecule has 0 unspecified atom stereocenters. The van der Waals surface area contributed by atoms with E-state index < -0.39 is 0 Å². The second-order valence-electron chi connectivity index (χ2n) is 6.60. The molecule has 1 aromatic rings. The highest BCUT2D eigenvalue weighted by molar-refractivity contribution is 5.30. The molecule has 0 radical (unpaired) electrons. The summed E-state index contributed by atoms with van der Waals surface area (Å²) < 4.78 is 5.83. The zero-order chi connectivity index (χ0) is 14.8. The Hall–Kier alpha value is -1.24. The van der Waals surface area contributed by atoms with Crippen molar-refractivity contribution >= 4 is 5.95 Å². The molecule has 3 saturated heterocycles. The molecule has 3 aliphatic rings. The second-order valence-corrected chi connectivity index (χ2v) is 6.60. The fraction of sp³-hybridized carbons (Fsp3) is 0.750. The Morgan fingerprint density at radius 3 is 2.73 bits per heavy atom. The fourth-order valence-electron chi connectivity index (χ4n) is 3.75. The third kappa shape index (κ3) is 3.09. The Labute approximate surface area is 131 Å². The molecule has 0 spiro atoms. The highest BCUT2D eigenvalue weighted by atomic mass is 16.5. The fourth-order valence-corrected chi connectivity index (χ4v) is 3.75. The molecule has 4 rings (SSSR count). The van der Waals surface area contributed by atoms with Crippen molar-refractivity contribution in [3.63, 3.8) is 0 Å². The van der Waals surface area contributed by atoms with Crippen LogP contribution in [0.4, 0.5) is 5.95 Å². The number of nitrogens with one attached hydrogen (secondary N) is 1. The van der Waals surface area contributed by atoms with Crippen molar-refractivity contribution in [2.75, 3.05) is 44.2 Å². The van der Waals surface area contributed by atoms with E-state index in [1.807, 2.05) is 12.4 Å². The molecule has 1 aromatic heterocycles. The van der Waals surface area contributed by atoms with Crippen LogP contribution in [-0.2, 0) is 11.3 Å². The van der Waals surface area contributed by atoms with Gasteiger partial charge in [-0.2, -0.15) is 0 Å². The minimum Gasteiger partial charge on any atom is -0.374 e. The molecule has 0 amide bonds. The van der Waals surface area contributed by atoms with E-state index in [9.17, 15) is 0 Å². The summed E-state index contributed by atoms with van der Waals surface area (Å²) in [6, 6.07) is 0.488. The van der Waals surface area contributed by atoms with Crippen LogP contribution in [-0.4, -0.2) is 66.3 Å². The minimum atomic E-state index is 0.349. The first kappa shape index (κ1) is 14.4. The molecular weight excluding hydrogens is 278 g/mol. The van der Waals surface area contributed by atoms with Crippen molar-refractivity contribution in [2.45, 2.75) is 38.0 Å². The van der Waals surface area contributed by atoms with Crippen LogP contribution in [0, 0.1) is 0 Å². The molecule has 0 saturated carbocycles. The van der Waals surface area contributed by atoms with Crippen molar-refractivity contribution in [3.05, 3.63) is 18.0 Å². The van der Waals surface area contributed by atoms with Gasteiger partial charge in [0.1, 0.15) is 0 Å². The van der Waals surface area contributed by atoms with Crippen molar-refractivity contribution in [1.82, 2.24) is 20.2 Å². The number of ether oxygens (including phenoxy) is 1. The summed E-state index contributed by atoms with van der Waals surface area (Å²) >= 11 is 0. The molecule has 0 aromatic carbocycles. The van der Waals surface area contributed by atoms with Gasteiger partial charge < -0.3 is 15.0 Å². The summed E-state index contributed by atoms with van der Waals surface area (Å²) in [6.45, 7) is 6.98. The van der Waals surface area contributed by atoms with Gasteiger partial charge in [-0.1, -0.05) is 0 Å². The van der Waals surface area contributed by atoms with E-state index in [1.54, 1.807) is 0 Å². The number of hydrogen-bond acceptors (Lipinski definition) is 6. The summed E-state index contributed by atoms with van der Waals surface area (Å²) in [4.78, 5) is 13.9. The Bertz CT molecular complexity index is 474. The summed E-state index contributed by atoms with van der Waals surface area (Å²) in [5, 5.41) is 3.54. The van der Waals surface area contributed by atoms with E-state index in [-0.39, 0.29) is 0 Å². The van der Waals surface area contributed by atoms with Crippen LogP contribution in [0.5, 0.6) is 0 Å². The smallest absolute Gasteiger partial charge is 0.225 e. The Morgan fingerprint density at radius 1 is 1.14 bits per heavy atom. The number of morpholine rings is 1. The van der Waals surface area contributed by atoms with Crippen molar-refractivity contribution in [2.24, 2.45) is 0 Å². The number of hydrogen-bond donors (Lipinski definition) is 1. The van der Waals surface area contributed by atoms with Crippen LogP contribution >= 0.6 is 0 Å². The quantitative estimate of drug-likeness (QED) is 0.884. The van der Waals surface area contributed by atoms with Gasteiger partial charge in [-0.25, -0.2) is 9.97 Å². The van der Waals surface area contributed by atoms with E-state index >= 15 is 0 Å². The van der Waals surface area contributed by atoms with Gasteiger partial charge in [-0.3, -0.25) is 4.90 Å². The van der Waals surface area contributed by atoms with E-state index in [0.717, 1.165) is 51.8 Å². The first-order valence-corrected chi connectivity index (χ1v) is 8.52. The molecular formula is C16H25N5O. The zero-order valence-corrected chi connectivity index (χ0v) is 13.1. The maximum Gasteiger partial charge on any atom is 0.225 e. The molecule has 6 heteroatoms. The molecule has 3 aliphatic heterocycles. The van der Waals surface area contributed by atoms with Crippen molar-refractivity contribution in [1.29, 1.82) is 0 Å². The highest BCUT2D eigenvalue weighted by Crippen LogP contribution is 2.19. The van der Waals surface area contributed by atoms with Crippen LogP contribution in [0.2, 0.25) is 0 Å². The topological polar surface area (TPSA) is 53.5 Å². The molecule has 0 bridgehead atoms. The lowest BCUT2D eigenvalue weighted by molar-refractivity contribution is 0.0175. The monoisotopic (exact) mass is 303 g/mol. The molecule has 1 N–H and O–H groups in total. The van der Waals surface area contributed by atoms with Crippen LogP contribution in [0.1, 0.15) is 24.8 Å². The third-order valence-corrected chi connectivity index (χ3v) is 4.92. The first-order valence-electron chi connectivity index (χ1n) is 8.52. The molecule has 6 nitrogen and oxygen atoms in total. The van der Waals surface area contributed by atoms with Gasteiger partial charge in [0.05, 0.1) is 12.7 Å². The van der Waals surface area contributed by atoms with E-state index in [1.165, 1.54) is 24.8 Å². The molecule has 4 heterocycles. The Kier molecular flexibility index (Phi) is 4.23. The summed E-state index contributed by atoms with van der Waals surface area (Å²) in [7, 11) is 0. The molecule has 2 atom stereocenters. The third-order valence-electron chi connectivity index (χ3n) is 4.92. The predicted molar refractivity (Wildman–Crippen MR) is 84.9 cm³/mol. The van der Waals surface area contributed by atoms with Gasteiger partial charge >= 0.3 is 0 Å². The Morgan fingerprint density at radius 2 is 1.95 bits per heavy atom. The number of aromatic nitrogens is 2. The highest BCUT2D eigenvalue weighted by Gasteiger charge is 2.35. The molecule has 0 aliphatic carbocycles. The largest absolute Gasteiger partial charge is 0.374 e. The second kappa shape index (κ2) is 6.48. The number of anilines is 1. The normalized spacial score (nSPS) is 29.5. The van der Waals surface area contributed by atoms with Crippen LogP contribution in [0.25, 0.3) is 0 Å². The lowest BCUT2D eigenvalue weighted by Gasteiger charge is -2.26. The van der Waals surface area contributed by atoms with Crippen molar-refractivity contribution < 1.29 is 4.74 Å². The summed E-state index contributed by atoms with van der Waals surface area (Å²) in [6.07, 6.45) is 8.19. The van der Waals surface area contributed by atoms with Gasteiger partial charge in [-0.15, -0.1) is 0 Å². The van der Waals surface area contributed by atoms with Gasteiger partial charge in [-0.05, 0) is 19.3 Å². The van der Waals surface area contributed by atoms with Gasteiger partial charge in [0.25, 0.3) is 0 Å². The standard InChI is InChI=1S/C16H25N5O/c1-2-5-21(6-3-1)16-18-8-13(9-19-16)10-20-11-14-15(12-20)22-7-4-17-14/h8-9,14-15,17H,1-7,10-12H2/t14-,15-/m0/s1. The van der Waals surface area contributed by atoms with Gasteiger partial charge in [0.2, 0.25) is 5.95 Å². The van der Waals surface area contributed by atoms with Gasteiger partial charge in [0.15, 0.2) is 0 Å². The molecule has 22 heavy (non-hydrogen) atoms.